The highest BCUT2D eigenvalue weighted by Gasteiger charge is 2.35. The second-order valence-electron chi connectivity index (χ2n) is 6.96. The van der Waals surface area contributed by atoms with Gasteiger partial charge in [-0.2, -0.15) is 18.2 Å². The summed E-state index contributed by atoms with van der Waals surface area (Å²) >= 11 is 0.692. The molecule has 0 aliphatic rings. The van der Waals surface area contributed by atoms with Gasteiger partial charge in [-0.05, 0) is 18.2 Å². The van der Waals surface area contributed by atoms with Gasteiger partial charge in [-0.1, -0.05) is 41.7 Å². The molecule has 0 aliphatic heterocycles. The Morgan fingerprint density at radius 1 is 0.941 bits per heavy atom. The van der Waals surface area contributed by atoms with Crippen LogP contribution in [-0.4, -0.2) is 37.2 Å². The summed E-state index contributed by atoms with van der Waals surface area (Å²) in [6.45, 7) is 0. The Bertz CT molecular complexity index is 1330. The molecular weight excluding hydrogens is 471 g/mol. The van der Waals surface area contributed by atoms with E-state index in [1.54, 1.807) is 30.3 Å². The minimum Gasteiger partial charge on any atom is -0.493 e. The van der Waals surface area contributed by atoms with Crippen LogP contribution in [0.5, 0.6) is 17.2 Å². The fraction of sp³-hybridized carbons (Fsp3) is 0.174. The number of carbonyl (C=O) groups is 1. The molecule has 0 radical (unpaired) electrons. The number of rotatable bonds is 6. The van der Waals surface area contributed by atoms with Crippen molar-refractivity contribution in [1.82, 2.24) is 9.97 Å². The number of carbonyl (C=O) groups excluding carboxylic acids is 1. The van der Waals surface area contributed by atoms with E-state index >= 15 is 0 Å². The molecule has 4 aromatic rings. The number of amides is 1. The molecule has 0 unspecified atom stereocenters. The number of ether oxygens (including phenoxy) is 3. The maximum Gasteiger partial charge on any atom is 0.417 e. The first-order chi connectivity index (χ1) is 16.2. The maximum atomic E-state index is 13.8. The monoisotopic (exact) mass is 489 g/mol. The molecule has 2 aromatic heterocycles. The van der Waals surface area contributed by atoms with E-state index in [1.165, 1.54) is 33.5 Å². The Balaban J connectivity index is 1.74. The number of aromatic nitrogens is 2. The molecule has 7 nitrogen and oxygen atoms in total. The summed E-state index contributed by atoms with van der Waals surface area (Å²) in [7, 11) is 4.23. The van der Waals surface area contributed by atoms with Gasteiger partial charge in [0.1, 0.15) is 0 Å². The van der Waals surface area contributed by atoms with Crippen molar-refractivity contribution < 1.29 is 32.2 Å². The van der Waals surface area contributed by atoms with Gasteiger partial charge < -0.3 is 14.2 Å². The van der Waals surface area contributed by atoms with Crippen LogP contribution < -0.4 is 19.5 Å². The van der Waals surface area contributed by atoms with Gasteiger partial charge in [0.25, 0.3) is 5.91 Å². The number of alkyl halides is 3. The Kier molecular flexibility index (Phi) is 6.29. The summed E-state index contributed by atoms with van der Waals surface area (Å²) in [5.74, 6) is 0.193. The molecule has 176 valence electrons. The van der Waals surface area contributed by atoms with Crippen LogP contribution >= 0.6 is 11.3 Å². The lowest BCUT2D eigenvalue weighted by Gasteiger charge is -2.13. The molecule has 2 heterocycles. The molecule has 0 saturated carbocycles. The standard InChI is InChI=1S/C23H18F3N3O4S/c1-31-16-9-13(10-17(32-2)18(16)33-3)21(30)29-22-28-20-19(34-22)14(23(24,25)26)11-15(27-20)12-7-5-4-6-8-12/h4-11H,1-3H3,(H,27,28,29,30). The van der Waals surface area contributed by atoms with Crippen molar-refractivity contribution >= 4 is 32.7 Å². The Morgan fingerprint density at radius 3 is 2.15 bits per heavy atom. The highest BCUT2D eigenvalue weighted by molar-refractivity contribution is 7.22. The van der Waals surface area contributed by atoms with Crippen LogP contribution in [0.15, 0.2) is 48.5 Å². The van der Waals surface area contributed by atoms with E-state index in [4.69, 9.17) is 14.2 Å². The highest BCUT2D eigenvalue weighted by Crippen LogP contribution is 2.41. The van der Waals surface area contributed by atoms with Crippen LogP contribution in [0, 0.1) is 0 Å². The van der Waals surface area contributed by atoms with Crippen LogP contribution in [0.1, 0.15) is 15.9 Å². The normalized spacial score (nSPS) is 11.4. The molecule has 1 amide bonds. The number of benzene rings is 2. The average molecular weight is 489 g/mol. The Hall–Kier alpha value is -3.86. The van der Waals surface area contributed by atoms with E-state index in [1.807, 2.05) is 0 Å². The Morgan fingerprint density at radius 2 is 1.59 bits per heavy atom. The Labute approximate surface area is 196 Å². The van der Waals surface area contributed by atoms with Crippen molar-refractivity contribution in [3.63, 3.8) is 0 Å². The average Bonchev–Trinajstić information content (AvgIpc) is 3.24. The smallest absolute Gasteiger partial charge is 0.417 e. The van der Waals surface area contributed by atoms with Crippen molar-refractivity contribution in [1.29, 1.82) is 0 Å². The number of methoxy groups -OCH3 is 3. The number of hydrogen-bond acceptors (Lipinski definition) is 7. The van der Waals surface area contributed by atoms with Gasteiger partial charge in [-0.3, -0.25) is 10.1 Å². The van der Waals surface area contributed by atoms with E-state index in [2.05, 4.69) is 15.3 Å². The lowest BCUT2D eigenvalue weighted by molar-refractivity contribution is -0.136. The minimum atomic E-state index is -4.63. The fourth-order valence-corrected chi connectivity index (χ4v) is 4.25. The first-order valence-corrected chi connectivity index (χ1v) is 10.6. The van der Waals surface area contributed by atoms with Crippen LogP contribution in [0.4, 0.5) is 18.3 Å². The second kappa shape index (κ2) is 9.18. The van der Waals surface area contributed by atoms with Gasteiger partial charge in [-0.15, -0.1) is 0 Å². The van der Waals surface area contributed by atoms with E-state index in [-0.39, 0.29) is 38.2 Å². The summed E-state index contributed by atoms with van der Waals surface area (Å²) in [6.07, 6.45) is -4.63. The number of anilines is 1. The van der Waals surface area contributed by atoms with Crippen molar-refractivity contribution in [2.24, 2.45) is 0 Å². The van der Waals surface area contributed by atoms with E-state index in [9.17, 15) is 18.0 Å². The number of nitrogens with one attached hydrogen (secondary N) is 1. The van der Waals surface area contributed by atoms with Gasteiger partial charge in [-0.25, -0.2) is 4.98 Å². The van der Waals surface area contributed by atoms with Gasteiger partial charge in [0.2, 0.25) is 5.75 Å². The molecule has 0 aliphatic carbocycles. The zero-order valence-corrected chi connectivity index (χ0v) is 19.0. The largest absolute Gasteiger partial charge is 0.493 e. The molecule has 0 saturated heterocycles. The molecule has 0 atom stereocenters. The van der Waals surface area contributed by atoms with Crippen LogP contribution in [0.25, 0.3) is 21.6 Å². The van der Waals surface area contributed by atoms with E-state index in [0.717, 1.165) is 6.07 Å². The predicted molar refractivity (Wildman–Crippen MR) is 122 cm³/mol. The zero-order chi connectivity index (χ0) is 24.5. The number of hydrogen-bond donors (Lipinski definition) is 1. The molecule has 0 spiro atoms. The van der Waals surface area contributed by atoms with Gasteiger partial charge in [0.05, 0.1) is 37.3 Å². The molecular formula is C23H18F3N3O4S. The maximum absolute atomic E-state index is 13.8. The molecule has 0 fully saturated rings. The first kappa shape index (κ1) is 23.3. The molecule has 34 heavy (non-hydrogen) atoms. The number of nitrogens with zero attached hydrogens (tertiary/aromatic N) is 2. The van der Waals surface area contributed by atoms with Crippen molar-refractivity contribution in [2.75, 3.05) is 26.6 Å². The van der Waals surface area contributed by atoms with Gasteiger partial charge in [0.15, 0.2) is 22.3 Å². The third-order valence-corrected chi connectivity index (χ3v) is 5.88. The molecule has 2 aromatic carbocycles. The molecule has 11 heteroatoms. The zero-order valence-electron chi connectivity index (χ0n) is 18.2. The number of thiazole rings is 1. The second-order valence-corrected chi connectivity index (χ2v) is 7.96. The summed E-state index contributed by atoms with van der Waals surface area (Å²) in [6, 6.07) is 12.3. The van der Waals surface area contributed by atoms with Gasteiger partial charge >= 0.3 is 6.18 Å². The van der Waals surface area contributed by atoms with Crippen LogP contribution in [-0.2, 0) is 6.18 Å². The highest BCUT2D eigenvalue weighted by atomic mass is 32.1. The molecule has 4 rings (SSSR count). The van der Waals surface area contributed by atoms with Gasteiger partial charge in [0, 0.05) is 11.1 Å². The van der Waals surface area contributed by atoms with E-state index < -0.39 is 17.6 Å². The summed E-state index contributed by atoms with van der Waals surface area (Å²) in [5.41, 5.74) is -0.192. The van der Waals surface area contributed by atoms with Crippen molar-refractivity contribution in [3.05, 3.63) is 59.7 Å². The van der Waals surface area contributed by atoms with Crippen LogP contribution in [0.3, 0.4) is 0 Å². The van der Waals surface area contributed by atoms with Crippen molar-refractivity contribution in [2.45, 2.75) is 6.18 Å². The predicted octanol–water partition coefficient (Wildman–Crippen LogP) is 5.66. The summed E-state index contributed by atoms with van der Waals surface area (Å²) in [5, 5.41) is 2.50. The minimum absolute atomic E-state index is 0.0306. The first-order valence-electron chi connectivity index (χ1n) is 9.80. The quantitative estimate of drug-likeness (QED) is 0.377. The number of halogens is 3. The summed E-state index contributed by atoms with van der Waals surface area (Å²) < 4.78 is 57.0. The number of fused-ring (bicyclic) bond motifs is 1. The molecule has 0 bridgehead atoms. The van der Waals surface area contributed by atoms with E-state index in [0.29, 0.717) is 22.6 Å². The lowest BCUT2D eigenvalue weighted by atomic mass is 10.1. The fourth-order valence-electron chi connectivity index (χ4n) is 3.31. The lowest BCUT2D eigenvalue weighted by Crippen LogP contribution is -2.12. The third kappa shape index (κ3) is 4.46. The summed E-state index contributed by atoms with van der Waals surface area (Å²) in [4.78, 5) is 21.3. The topological polar surface area (TPSA) is 82.6 Å². The van der Waals surface area contributed by atoms with Crippen LogP contribution in [0.2, 0.25) is 0 Å². The molecule has 1 N–H and O–H groups in total. The van der Waals surface area contributed by atoms with Crippen molar-refractivity contribution in [3.8, 4) is 28.5 Å². The SMILES string of the molecule is COc1cc(C(=O)Nc2nc3nc(-c4ccccc4)cc(C(F)(F)F)c3s2)cc(OC)c1OC. The number of pyridine rings is 1. The third-order valence-electron chi connectivity index (χ3n) is 4.88.